The largest absolute Gasteiger partial charge is 0.479 e. The topological polar surface area (TPSA) is 75.6 Å². The molecule has 1 atom stereocenters. The summed E-state index contributed by atoms with van der Waals surface area (Å²) in [6.45, 7) is 17.7. The highest BCUT2D eigenvalue weighted by molar-refractivity contribution is 6.84. The number of ether oxygens (including phenoxy) is 1. The van der Waals surface area contributed by atoms with E-state index in [0.29, 0.717) is 5.57 Å². The Morgan fingerprint density at radius 2 is 1.65 bits per heavy atom. The molecule has 0 aromatic heterocycles. The van der Waals surface area contributed by atoms with Gasteiger partial charge in [-0.25, -0.2) is 9.59 Å². The van der Waals surface area contributed by atoms with Gasteiger partial charge in [-0.3, -0.25) is 0 Å². The lowest BCUT2D eigenvalue weighted by Gasteiger charge is -2.33. The van der Waals surface area contributed by atoms with E-state index in [9.17, 15) is 14.7 Å². The van der Waals surface area contributed by atoms with E-state index in [1.165, 1.54) is 0 Å². The monoisotopic (exact) mass is 341 g/mol. The maximum atomic E-state index is 11.8. The van der Waals surface area contributed by atoms with Crippen molar-refractivity contribution in [2.75, 3.05) is 0 Å². The Balaban J connectivity index is 5.37. The Morgan fingerprint density at radius 3 is 2.00 bits per heavy atom. The Morgan fingerprint density at radius 1 is 1.17 bits per heavy atom. The van der Waals surface area contributed by atoms with E-state index < -0.39 is 31.8 Å². The van der Waals surface area contributed by atoms with Crippen LogP contribution in [0.2, 0.25) is 18.1 Å². The van der Waals surface area contributed by atoms with Crippen LogP contribution in [0, 0.1) is 0 Å². The number of aliphatic carboxylic acids is 1. The molecular formula is C17H31NO4Si. The number of rotatable bonds is 4. The number of hydrogen-bond donors (Lipinski definition) is 2. The molecule has 23 heavy (non-hydrogen) atoms. The molecule has 0 aliphatic carbocycles. The lowest BCUT2D eigenvalue weighted by Crippen LogP contribution is -2.44. The van der Waals surface area contributed by atoms with Crippen molar-refractivity contribution < 1.29 is 19.4 Å². The van der Waals surface area contributed by atoms with Crippen LogP contribution in [0.3, 0.4) is 0 Å². The Kier molecular flexibility index (Phi) is 6.88. The van der Waals surface area contributed by atoms with E-state index in [1.807, 2.05) is 5.70 Å². The molecule has 0 aliphatic rings. The molecule has 2 N–H and O–H groups in total. The summed E-state index contributed by atoms with van der Waals surface area (Å²) in [6, 6.07) is -1.15. The van der Waals surface area contributed by atoms with Crippen LogP contribution < -0.4 is 5.32 Å². The number of carboxylic acid groups (broad SMARTS) is 1. The van der Waals surface area contributed by atoms with Crippen molar-refractivity contribution in [1.82, 2.24) is 5.32 Å². The predicted molar refractivity (Wildman–Crippen MR) is 95.3 cm³/mol. The molecule has 1 amide bonds. The Labute approximate surface area is 140 Å². The number of carboxylic acids is 1. The first-order valence-corrected chi connectivity index (χ1v) is 10.8. The molecule has 132 valence electrons. The Bertz CT molecular complexity index is 518. The number of carbonyl (C=O) groups excluding carboxylic acids is 1. The minimum absolute atomic E-state index is 0.137. The van der Waals surface area contributed by atoms with Crippen LogP contribution in [0.1, 0.15) is 48.5 Å². The van der Waals surface area contributed by atoms with Crippen LogP contribution in [0.4, 0.5) is 4.79 Å². The van der Waals surface area contributed by atoms with Gasteiger partial charge >= 0.3 is 12.1 Å². The van der Waals surface area contributed by atoms with E-state index in [0.717, 1.165) is 0 Å². The fourth-order valence-corrected chi connectivity index (χ4v) is 2.40. The normalized spacial score (nSPS) is 13.6. The Hall–Kier alpha value is -1.52. The van der Waals surface area contributed by atoms with Crippen molar-refractivity contribution in [2.24, 2.45) is 0 Å². The van der Waals surface area contributed by atoms with Gasteiger partial charge in [0.15, 0.2) is 6.04 Å². The molecule has 0 fully saturated rings. The van der Waals surface area contributed by atoms with Gasteiger partial charge in [0.1, 0.15) is 5.60 Å². The van der Waals surface area contributed by atoms with E-state index >= 15 is 0 Å². The first kappa shape index (κ1) is 21.5. The van der Waals surface area contributed by atoms with Crippen molar-refractivity contribution in [3.63, 3.8) is 0 Å². The maximum absolute atomic E-state index is 11.8. The first-order valence-electron chi connectivity index (χ1n) is 7.73. The molecule has 0 rings (SSSR count). The zero-order chi connectivity index (χ0) is 18.6. The summed E-state index contributed by atoms with van der Waals surface area (Å²) in [6.07, 6.45) is -0.752. The molecule has 0 aliphatic heterocycles. The highest BCUT2D eigenvalue weighted by Crippen LogP contribution is 2.36. The molecule has 0 spiro atoms. The van der Waals surface area contributed by atoms with Gasteiger partial charge in [0.2, 0.25) is 0 Å². The van der Waals surface area contributed by atoms with Crippen LogP contribution in [-0.2, 0) is 9.53 Å². The first-order chi connectivity index (χ1) is 10.1. The quantitative estimate of drug-likeness (QED) is 0.596. The maximum Gasteiger partial charge on any atom is 0.408 e. The second-order valence-corrected chi connectivity index (χ2v) is 13.6. The second-order valence-electron chi connectivity index (χ2n) is 8.36. The van der Waals surface area contributed by atoms with E-state index in [4.69, 9.17) is 4.74 Å². The number of alkyl carbamates (subject to hydrolysis) is 1. The molecule has 0 saturated carbocycles. The average molecular weight is 342 g/mol. The van der Waals surface area contributed by atoms with Gasteiger partial charge < -0.3 is 15.2 Å². The minimum atomic E-state index is -1.72. The summed E-state index contributed by atoms with van der Waals surface area (Å²) < 4.78 is 5.11. The molecule has 5 nitrogen and oxygen atoms in total. The van der Waals surface area contributed by atoms with Crippen molar-refractivity contribution >= 4 is 20.1 Å². The van der Waals surface area contributed by atoms with Gasteiger partial charge in [-0.1, -0.05) is 39.6 Å². The van der Waals surface area contributed by atoms with Crippen molar-refractivity contribution in [2.45, 2.75) is 78.2 Å². The third-order valence-electron chi connectivity index (χ3n) is 3.93. The molecule has 0 aromatic carbocycles. The average Bonchev–Trinajstić information content (AvgIpc) is 2.29. The summed E-state index contributed by atoms with van der Waals surface area (Å²) in [4.78, 5) is 23.2. The minimum Gasteiger partial charge on any atom is -0.479 e. The van der Waals surface area contributed by atoms with Gasteiger partial charge in [0, 0.05) is 5.57 Å². The number of carbonyl (C=O) groups is 2. The molecule has 0 aromatic rings. The van der Waals surface area contributed by atoms with Crippen LogP contribution in [0.5, 0.6) is 0 Å². The van der Waals surface area contributed by atoms with E-state index in [2.05, 4.69) is 44.9 Å². The summed E-state index contributed by atoms with van der Waals surface area (Å²) in [5.74, 6) is -1.13. The van der Waals surface area contributed by atoms with Crippen LogP contribution in [0.15, 0.2) is 17.0 Å². The summed E-state index contributed by atoms with van der Waals surface area (Å²) in [5, 5.41) is 11.9. The van der Waals surface area contributed by atoms with E-state index in [1.54, 1.807) is 27.7 Å². The zero-order valence-electron chi connectivity index (χ0n) is 15.8. The predicted octanol–water partition coefficient (Wildman–Crippen LogP) is 4.11. The van der Waals surface area contributed by atoms with Crippen LogP contribution in [-0.4, -0.2) is 36.9 Å². The van der Waals surface area contributed by atoms with Crippen molar-refractivity contribution in [1.29, 1.82) is 0 Å². The SMILES string of the molecule is CC(=C=C[Si](C)(C)C(C)(C)C)[C@@H](NC(=O)OC(C)(C)C)C(=O)O. The fourth-order valence-electron chi connectivity index (χ4n) is 1.37. The van der Waals surface area contributed by atoms with Gasteiger partial charge in [-0.05, 0) is 32.7 Å². The zero-order valence-corrected chi connectivity index (χ0v) is 16.8. The summed E-state index contributed by atoms with van der Waals surface area (Å²) >= 11 is 0. The summed E-state index contributed by atoms with van der Waals surface area (Å²) in [5.41, 5.74) is 4.85. The third-order valence-corrected chi connectivity index (χ3v) is 8.67. The molecule has 0 heterocycles. The number of nitrogens with one attached hydrogen (secondary N) is 1. The van der Waals surface area contributed by atoms with Gasteiger partial charge in [0.25, 0.3) is 0 Å². The standard InChI is InChI=1S/C17H31NO4Si/c1-12(10-11-23(8,9)17(5,6)7)13(14(19)20)18-15(21)22-16(2,3)4/h11,13H,1-9H3,(H,18,21)(H,19,20)/t10?,13-/m1/s1. The highest BCUT2D eigenvalue weighted by atomic mass is 28.3. The van der Waals surface area contributed by atoms with Gasteiger partial charge in [-0.2, -0.15) is 0 Å². The highest BCUT2D eigenvalue weighted by Gasteiger charge is 2.33. The third kappa shape index (κ3) is 7.53. The van der Waals surface area contributed by atoms with Crippen molar-refractivity contribution in [3.05, 3.63) is 17.0 Å². The second kappa shape index (κ2) is 7.36. The number of hydrogen-bond acceptors (Lipinski definition) is 3. The molecular weight excluding hydrogens is 310 g/mol. The lowest BCUT2D eigenvalue weighted by atomic mass is 10.1. The summed E-state index contributed by atoms with van der Waals surface area (Å²) in [7, 11) is -1.72. The molecule has 0 saturated heterocycles. The molecule has 0 radical (unpaired) electrons. The van der Waals surface area contributed by atoms with Crippen LogP contribution in [0.25, 0.3) is 0 Å². The molecule has 6 heteroatoms. The smallest absolute Gasteiger partial charge is 0.408 e. The van der Waals surface area contributed by atoms with Crippen LogP contribution >= 0.6 is 0 Å². The van der Waals surface area contributed by atoms with Gasteiger partial charge in [0.05, 0.1) is 8.07 Å². The fraction of sp³-hybridized carbons (Fsp3) is 0.706. The number of amides is 1. The molecule has 0 bridgehead atoms. The van der Waals surface area contributed by atoms with Crippen molar-refractivity contribution in [3.8, 4) is 0 Å². The lowest BCUT2D eigenvalue weighted by molar-refractivity contribution is -0.138. The van der Waals surface area contributed by atoms with E-state index in [-0.39, 0.29) is 5.04 Å². The molecule has 0 unspecified atom stereocenters. The van der Waals surface area contributed by atoms with Gasteiger partial charge in [-0.15, -0.1) is 5.73 Å².